The summed E-state index contributed by atoms with van der Waals surface area (Å²) in [5, 5.41) is 3.35. The van der Waals surface area contributed by atoms with E-state index in [4.69, 9.17) is 9.47 Å². The van der Waals surface area contributed by atoms with Crippen molar-refractivity contribution in [3.05, 3.63) is 42.5 Å². The number of benzene rings is 1. The van der Waals surface area contributed by atoms with E-state index >= 15 is 0 Å². The highest BCUT2D eigenvalue weighted by Gasteiger charge is 2.17. The van der Waals surface area contributed by atoms with Crippen LogP contribution in [0.4, 0.5) is 0 Å². The molecular formula is C16H19N3O2. The molecule has 0 bridgehead atoms. The maximum atomic E-state index is 5.73. The average molecular weight is 285 g/mol. The van der Waals surface area contributed by atoms with Crippen molar-refractivity contribution in [2.24, 2.45) is 0 Å². The number of hydrogen-bond acceptors (Lipinski definition) is 5. The fraction of sp³-hybridized carbons (Fsp3) is 0.375. The minimum atomic E-state index is 0.460. The summed E-state index contributed by atoms with van der Waals surface area (Å²) in [5.74, 6) is 3.58. The zero-order valence-corrected chi connectivity index (χ0v) is 12.1. The van der Waals surface area contributed by atoms with Crippen LogP contribution in [-0.4, -0.2) is 30.2 Å². The topological polar surface area (TPSA) is 56.3 Å². The number of piperidine rings is 1. The molecule has 1 fully saturated rings. The largest absolute Gasteiger partial charge is 0.497 e. The van der Waals surface area contributed by atoms with Gasteiger partial charge in [-0.15, -0.1) is 0 Å². The first-order valence-corrected chi connectivity index (χ1v) is 7.20. The minimum absolute atomic E-state index is 0.460. The fourth-order valence-electron chi connectivity index (χ4n) is 2.45. The van der Waals surface area contributed by atoms with E-state index in [1.165, 1.54) is 0 Å². The van der Waals surface area contributed by atoms with Gasteiger partial charge in [-0.2, -0.15) is 0 Å². The van der Waals surface area contributed by atoms with E-state index in [0.29, 0.717) is 11.7 Å². The number of hydrogen-bond donors (Lipinski definition) is 1. The molecule has 0 atom stereocenters. The van der Waals surface area contributed by atoms with Gasteiger partial charge in [-0.25, -0.2) is 9.97 Å². The molecule has 0 aliphatic carbocycles. The van der Waals surface area contributed by atoms with Crippen LogP contribution in [0.2, 0.25) is 0 Å². The molecule has 1 aliphatic heterocycles. The zero-order valence-electron chi connectivity index (χ0n) is 12.1. The first-order valence-electron chi connectivity index (χ1n) is 7.20. The van der Waals surface area contributed by atoms with Crippen molar-refractivity contribution in [3.63, 3.8) is 0 Å². The van der Waals surface area contributed by atoms with E-state index in [0.717, 1.165) is 43.3 Å². The summed E-state index contributed by atoms with van der Waals surface area (Å²) in [7, 11) is 1.64. The van der Waals surface area contributed by atoms with Gasteiger partial charge in [0.05, 0.1) is 19.5 Å². The van der Waals surface area contributed by atoms with Crippen molar-refractivity contribution in [1.29, 1.82) is 0 Å². The molecule has 0 saturated carbocycles. The van der Waals surface area contributed by atoms with Crippen LogP contribution in [-0.2, 0) is 0 Å². The number of nitrogens with zero attached hydrogens (tertiary/aromatic N) is 2. The normalized spacial score (nSPS) is 15.7. The predicted octanol–water partition coefficient (Wildman–Crippen LogP) is 2.74. The second-order valence-corrected chi connectivity index (χ2v) is 5.08. The molecule has 21 heavy (non-hydrogen) atoms. The van der Waals surface area contributed by atoms with Gasteiger partial charge in [0, 0.05) is 5.92 Å². The van der Waals surface area contributed by atoms with Crippen LogP contribution in [0.25, 0.3) is 0 Å². The minimum Gasteiger partial charge on any atom is -0.497 e. The van der Waals surface area contributed by atoms with Crippen molar-refractivity contribution in [2.75, 3.05) is 20.2 Å². The Morgan fingerprint density at radius 1 is 0.952 bits per heavy atom. The molecule has 1 saturated heterocycles. The van der Waals surface area contributed by atoms with Crippen molar-refractivity contribution >= 4 is 0 Å². The Kier molecular flexibility index (Phi) is 4.31. The van der Waals surface area contributed by atoms with Gasteiger partial charge in [0.15, 0.2) is 5.75 Å². The van der Waals surface area contributed by atoms with Crippen LogP contribution in [0.15, 0.2) is 36.7 Å². The first-order chi connectivity index (χ1) is 10.3. The standard InChI is InChI=1S/C16H19N3O2/c1-20-13-2-4-14(5-3-13)21-15-10-18-16(19-11-15)12-6-8-17-9-7-12/h2-5,10-12,17H,6-9H2,1H3. The van der Waals surface area contributed by atoms with Crippen LogP contribution in [0.5, 0.6) is 17.2 Å². The van der Waals surface area contributed by atoms with Crippen LogP contribution >= 0.6 is 0 Å². The Morgan fingerprint density at radius 2 is 1.57 bits per heavy atom. The summed E-state index contributed by atoms with van der Waals surface area (Å²) in [6, 6.07) is 7.44. The molecular weight excluding hydrogens is 266 g/mol. The fourth-order valence-corrected chi connectivity index (χ4v) is 2.45. The van der Waals surface area contributed by atoms with Gasteiger partial charge in [-0.1, -0.05) is 0 Å². The SMILES string of the molecule is COc1ccc(Oc2cnc(C3CCNCC3)nc2)cc1. The second kappa shape index (κ2) is 6.54. The lowest BCUT2D eigenvalue weighted by molar-refractivity contribution is 0.412. The quantitative estimate of drug-likeness (QED) is 0.936. The third kappa shape index (κ3) is 3.49. The van der Waals surface area contributed by atoms with Crippen molar-refractivity contribution in [2.45, 2.75) is 18.8 Å². The van der Waals surface area contributed by atoms with Crippen LogP contribution < -0.4 is 14.8 Å². The van der Waals surface area contributed by atoms with Crippen LogP contribution in [0.3, 0.4) is 0 Å². The van der Waals surface area contributed by atoms with Crippen molar-refractivity contribution < 1.29 is 9.47 Å². The van der Waals surface area contributed by atoms with E-state index in [-0.39, 0.29) is 0 Å². The molecule has 3 rings (SSSR count). The molecule has 2 aromatic rings. The molecule has 110 valence electrons. The van der Waals surface area contributed by atoms with Crippen molar-refractivity contribution in [1.82, 2.24) is 15.3 Å². The number of nitrogens with one attached hydrogen (secondary N) is 1. The Hall–Kier alpha value is -2.14. The summed E-state index contributed by atoms with van der Waals surface area (Å²) < 4.78 is 10.8. The second-order valence-electron chi connectivity index (χ2n) is 5.08. The molecule has 0 spiro atoms. The Labute approximate surface area is 124 Å². The highest BCUT2D eigenvalue weighted by Crippen LogP contribution is 2.25. The molecule has 2 heterocycles. The van der Waals surface area contributed by atoms with Crippen LogP contribution in [0, 0.1) is 0 Å². The molecule has 1 aromatic heterocycles. The zero-order chi connectivity index (χ0) is 14.5. The van der Waals surface area contributed by atoms with E-state index < -0.39 is 0 Å². The number of methoxy groups -OCH3 is 1. The van der Waals surface area contributed by atoms with Gasteiger partial charge < -0.3 is 14.8 Å². The van der Waals surface area contributed by atoms with Crippen molar-refractivity contribution in [3.8, 4) is 17.2 Å². The Morgan fingerprint density at radius 3 is 2.19 bits per heavy atom. The lowest BCUT2D eigenvalue weighted by Crippen LogP contribution is -2.27. The maximum absolute atomic E-state index is 5.73. The highest BCUT2D eigenvalue weighted by atomic mass is 16.5. The van der Waals surface area contributed by atoms with Gasteiger partial charge in [0.25, 0.3) is 0 Å². The lowest BCUT2D eigenvalue weighted by atomic mass is 9.97. The lowest BCUT2D eigenvalue weighted by Gasteiger charge is -2.21. The third-order valence-electron chi connectivity index (χ3n) is 3.65. The summed E-state index contributed by atoms with van der Waals surface area (Å²) >= 11 is 0. The predicted molar refractivity (Wildman–Crippen MR) is 79.9 cm³/mol. The number of rotatable bonds is 4. The first kappa shape index (κ1) is 13.8. The molecule has 1 N–H and O–H groups in total. The van der Waals surface area contributed by atoms with Gasteiger partial charge in [0.1, 0.15) is 17.3 Å². The van der Waals surface area contributed by atoms with Gasteiger partial charge in [0.2, 0.25) is 0 Å². The molecule has 0 amide bonds. The summed E-state index contributed by atoms with van der Waals surface area (Å²) in [4.78, 5) is 8.89. The number of aromatic nitrogens is 2. The van der Waals surface area contributed by atoms with Gasteiger partial charge in [-0.3, -0.25) is 0 Å². The van der Waals surface area contributed by atoms with E-state index in [1.807, 2.05) is 24.3 Å². The Balaban J connectivity index is 1.65. The van der Waals surface area contributed by atoms with E-state index in [9.17, 15) is 0 Å². The molecule has 5 heteroatoms. The van der Waals surface area contributed by atoms with Crippen LogP contribution in [0.1, 0.15) is 24.6 Å². The molecule has 1 aromatic carbocycles. The highest BCUT2D eigenvalue weighted by molar-refractivity contribution is 5.34. The summed E-state index contributed by atoms with van der Waals surface area (Å²) in [6.07, 6.45) is 5.68. The number of ether oxygens (including phenoxy) is 2. The Bertz CT molecular complexity index is 563. The molecule has 5 nitrogen and oxygen atoms in total. The smallest absolute Gasteiger partial charge is 0.164 e. The van der Waals surface area contributed by atoms with E-state index in [2.05, 4.69) is 15.3 Å². The van der Waals surface area contributed by atoms with Gasteiger partial charge >= 0.3 is 0 Å². The summed E-state index contributed by atoms with van der Waals surface area (Å²) in [6.45, 7) is 2.08. The average Bonchev–Trinajstić information content (AvgIpc) is 2.57. The molecule has 1 aliphatic rings. The molecule has 0 unspecified atom stereocenters. The molecule has 0 radical (unpaired) electrons. The van der Waals surface area contributed by atoms with E-state index in [1.54, 1.807) is 19.5 Å². The third-order valence-corrected chi connectivity index (χ3v) is 3.65. The summed E-state index contributed by atoms with van der Waals surface area (Å²) in [5.41, 5.74) is 0. The maximum Gasteiger partial charge on any atom is 0.164 e. The van der Waals surface area contributed by atoms with Gasteiger partial charge in [-0.05, 0) is 50.2 Å². The monoisotopic (exact) mass is 285 g/mol.